The summed E-state index contributed by atoms with van der Waals surface area (Å²) in [5.41, 5.74) is 3.57. The molecular formula is C9H9N3O2. The van der Waals surface area contributed by atoms with Gasteiger partial charge in [0.1, 0.15) is 0 Å². The summed E-state index contributed by atoms with van der Waals surface area (Å²) < 4.78 is 0. The van der Waals surface area contributed by atoms with Crippen molar-refractivity contribution in [1.82, 2.24) is 10.4 Å². The third-order valence-electron chi connectivity index (χ3n) is 1.82. The zero-order valence-corrected chi connectivity index (χ0v) is 7.29. The first kappa shape index (κ1) is 8.43. The SMILES string of the molecule is O=C(O)N1C=CNN1c1ccccc1. The summed E-state index contributed by atoms with van der Waals surface area (Å²) in [7, 11) is 0. The minimum absolute atomic E-state index is 0.764. The molecule has 1 amide bonds. The lowest BCUT2D eigenvalue weighted by molar-refractivity contribution is 0.159. The van der Waals surface area contributed by atoms with Gasteiger partial charge in [0.25, 0.3) is 0 Å². The van der Waals surface area contributed by atoms with Crippen molar-refractivity contribution >= 4 is 11.8 Å². The molecule has 0 atom stereocenters. The molecule has 0 bridgehead atoms. The summed E-state index contributed by atoms with van der Waals surface area (Å²) in [5, 5.41) is 11.3. The van der Waals surface area contributed by atoms with Crippen LogP contribution in [0.2, 0.25) is 0 Å². The van der Waals surface area contributed by atoms with Crippen molar-refractivity contribution < 1.29 is 9.90 Å². The summed E-state index contributed by atoms with van der Waals surface area (Å²) >= 11 is 0. The number of rotatable bonds is 1. The summed E-state index contributed by atoms with van der Waals surface area (Å²) in [5.74, 6) is 0. The Kier molecular flexibility index (Phi) is 1.98. The number of nitrogens with zero attached hydrogens (tertiary/aromatic N) is 2. The van der Waals surface area contributed by atoms with Gasteiger partial charge in [-0.2, -0.15) is 10.1 Å². The minimum atomic E-state index is -1.03. The summed E-state index contributed by atoms with van der Waals surface area (Å²) in [6, 6.07) is 9.19. The van der Waals surface area contributed by atoms with Gasteiger partial charge in [0.15, 0.2) is 0 Å². The van der Waals surface area contributed by atoms with Crippen molar-refractivity contribution in [3.8, 4) is 0 Å². The van der Waals surface area contributed by atoms with Gasteiger partial charge >= 0.3 is 6.09 Å². The molecule has 1 heterocycles. The van der Waals surface area contributed by atoms with Crippen LogP contribution in [-0.2, 0) is 0 Å². The largest absolute Gasteiger partial charge is 0.463 e. The maximum Gasteiger partial charge on any atom is 0.432 e. The number of nitrogens with one attached hydrogen (secondary N) is 1. The van der Waals surface area contributed by atoms with Crippen molar-refractivity contribution in [2.75, 3.05) is 5.12 Å². The lowest BCUT2D eigenvalue weighted by Crippen LogP contribution is -2.44. The van der Waals surface area contributed by atoms with Crippen LogP contribution >= 0.6 is 0 Å². The number of para-hydroxylation sites is 1. The van der Waals surface area contributed by atoms with Gasteiger partial charge in [-0.1, -0.05) is 18.2 Å². The van der Waals surface area contributed by atoms with E-state index in [2.05, 4.69) is 5.43 Å². The van der Waals surface area contributed by atoms with Crippen LogP contribution in [0, 0.1) is 0 Å². The average Bonchev–Trinajstić information content (AvgIpc) is 2.67. The van der Waals surface area contributed by atoms with E-state index in [1.54, 1.807) is 6.20 Å². The molecule has 0 fully saturated rings. The monoisotopic (exact) mass is 191 g/mol. The zero-order valence-electron chi connectivity index (χ0n) is 7.29. The van der Waals surface area contributed by atoms with Crippen LogP contribution in [0.5, 0.6) is 0 Å². The maximum absolute atomic E-state index is 10.8. The molecule has 0 spiro atoms. The third kappa shape index (κ3) is 1.35. The molecule has 1 aliphatic heterocycles. The van der Waals surface area contributed by atoms with Gasteiger partial charge < -0.3 is 5.11 Å². The highest BCUT2D eigenvalue weighted by atomic mass is 16.4. The Bertz CT molecular complexity index is 364. The Balaban J connectivity index is 2.24. The second-order valence-electron chi connectivity index (χ2n) is 2.72. The van der Waals surface area contributed by atoms with Gasteiger partial charge in [-0.3, -0.25) is 5.43 Å². The maximum atomic E-state index is 10.8. The topological polar surface area (TPSA) is 55.8 Å². The van der Waals surface area contributed by atoms with Gasteiger partial charge in [0.2, 0.25) is 0 Å². The van der Waals surface area contributed by atoms with Gasteiger partial charge in [-0.05, 0) is 12.1 Å². The van der Waals surface area contributed by atoms with E-state index in [4.69, 9.17) is 5.11 Å². The highest BCUT2D eigenvalue weighted by molar-refractivity contribution is 5.70. The van der Waals surface area contributed by atoms with Gasteiger partial charge in [0.05, 0.1) is 11.9 Å². The summed E-state index contributed by atoms with van der Waals surface area (Å²) in [6.07, 6.45) is 1.96. The third-order valence-corrected chi connectivity index (χ3v) is 1.82. The second-order valence-corrected chi connectivity index (χ2v) is 2.72. The fourth-order valence-electron chi connectivity index (χ4n) is 1.22. The molecular weight excluding hydrogens is 182 g/mol. The van der Waals surface area contributed by atoms with Crippen molar-refractivity contribution in [3.63, 3.8) is 0 Å². The Morgan fingerprint density at radius 1 is 1.29 bits per heavy atom. The zero-order chi connectivity index (χ0) is 9.97. The lowest BCUT2D eigenvalue weighted by atomic mass is 10.3. The fourth-order valence-corrected chi connectivity index (χ4v) is 1.22. The molecule has 5 nitrogen and oxygen atoms in total. The standard InChI is InChI=1S/C9H9N3O2/c13-9(14)11-7-6-10-12(11)8-4-2-1-3-5-8/h1-7,10H,(H,13,14). The van der Waals surface area contributed by atoms with E-state index in [1.807, 2.05) is 30.3 Å². The van der Waals surface area contributed by atoms with E-state index >= 15 is 0 Å². The van der Waals surface area contributed by atoms with E-state index in [1.165, 1.54) is 11.3 Å². The minimum Gasteiger partial charge on any atom is -0.463 e. The molecule has 0 saturated carbocycles. The van der Waals surface area contributed by atoms with Crippen molar-refractivity contribution in [3.05, 3.63) is 42.7 Å². The molecule has 0 aromatic heterocycles. The van der Waals surface area contributed by atoms with Crippen LogP contribution in [0.1, 0.15) is 0 Å². The van der Waals surface area contributed by atoms with Crippen molar-refractivity contribution in [1.29, 1.82) is 0 Å². The molecule has 72 valence electrons. The molecule has 2 rings (SSSR count). The predicted octanol–water partition coefficient (Wildman–Crippen LogP) is 1.38. The molecule has 1 aromatic rings. The number of amides is 1. The number of carbonyl (C=O) groups is 1. The fraction of sp³-hybridized carbons (Fsp3) is 0. The van der Waals surface area contributed by atoms with Crippen LogP contribution < -0.4 is 10.5 Å². The van der Waals surface area contributed by atoms with E-state index in [-0.39, 0.29) is 0 Å². The number of hydrazine groups is 2. The van der Waals surface area contributed by atoms with Crippen LogP contribution in [-0.4, -0.2) is 16.2 Å². The number of anilines is 1. The Hall–Kier alpha value is -2.17. The summed E-state index contributed by atoms with van der Waals surface area (Å²) in [6.45, 7) is 0. The molecule has 1 aromatic carbocycles. The second kappa shape index (κ2) is 3.29. The van der Waals surface area contributed by atoms with Crippen LogP contribution in [0.25, 0.3) is 0 Å². The highest BCUT2D eigenvalue weighted by Gasteiger charge is 2.21. The van der Waals surface area contributed by atoms with Gasteiger partial charge in [-0.25, -0.2) is 4.79 Å². The van der Waals surface area contributed by atoms with Crippen LogP contribution in [0.4, 0.5) is 10.5 Å². The molecule has 0 unspecified atom stereocenters. The predicted molar refractivity (Wildman–Crippen MR) is 51.1 cm³/mol. The molecule has 0 saturated heterocycles. The summed E-state index contributed by atoms with van der Waals surface area (Å²) in [4.78, 5) is 10.8. The van der Waals surface area contributed by atoms with Gasteiger partial charge in [-0.15, -0.1) is 0 Å². The molecule has 14 heavy (non-hydrogen) atoms. The van der Waals surface area contributed by atoms with E-state index < -0.39 is 6.09 Å². The number of hydrogen-bond acceptors (Lipinski definition) is 3. The normalized spacial score (nSPS) is 14.3. The lowest BCUT2D eigenvalue weighted by Gasteiger charge is -2.25. The number of benzene rings is 1. The number of hydrogen-bond donors (Lipinski definition) is 2. The Morgan fingerprint density at radius 3 is 2.64 bits per heavy atom. The van der Waals surface area contributed by atoms with Crippen molar-refractivity contribution in [2.24, 2.45) is 0 Å². The molecule has 5 heteroatoms. The van der Waals surface area contributed by atoms with Gasteiger partial charge in [0, 0.05) is 6.20 Å². The quantitative estimate of drug-likeness (QED) is 0.704. The highest BCUT2D eigenvalue weighted by Crippen LogP contribution is 2.16. The number of carboxylic acid groups (broad SMARTS) is 1. The van der Waals surface area contributed by atoms with E-state index in [0.29, 0.717) is 0 Å². The Labute approximate surface area is 80.8 Å². The average molecular weight is 191 g/mol. The first-order chi connectivity index (χ1) is 6.79. The molecule has 0 aliphatic carbocycles. The first-order valence-electron chi connectivity index (χ1n) is 4.09. The van der Waals surface area contributed by atoms with E-state index in [9.17, 15) is 4.79 Å². The Morgan fingerprint density at radius 2 is 2.00 bits per heavy atom. The first-order valence-corrected chi connectivity index (χ1v) is 4.09. The molecule has 2 N–H and O–H groups in total. The molecule has 1 aliphatic rings. The van der Waals surface area contributed by atoms with Crippen molar-refractivity contribution in [2.45, 2.75) is 0 Å². The van der Waals surface area contributed by atoms with Crippen LogP contribution in [0.3, 0.4) is 0 Å². The molecule has 0 radical (unpaired) electrons. The smallest absolute Gasteiger partial charge is 0.432 e. The van der Waals surface area contributed by atoms with E-state index in [0.717, 1.165) is 10.7 Å². The van der Waals surface area contributed by atoms with Crippen LogP contribution in [0.15, 0.2) is 42.7 Å².